The summed E-state index contributed by atoms with van der Waals surface area (Å²) in [6.45, 7) is 2.20. The molecule has 0 spiro atoms. The van der Waals surface area contributed by atoms with Crippen molar-refractivity contribution in [2.24, 2.45) is 0 Å². The molecule has 2 heterocycles. The number of aryl methyl sites for hydroxylation is 1. The van der Waals surface area contributed by atoms with E-state index in [9.17, 15) is 9.18 Å². The molecule has 1 N–H and O–H groups in total. The molecule has 0 aliphatic carbocycles. The summed E-state index contributed by atoms with van der Waals surface area (Å²) in [6, 6.07) is 12.2. The van der Waals surface area contributed by atoms with Gasteiger partial charge in [-0.1, -0.05) is 18.2 Å². The first-order valence-electron chi connectivity index (χ1n) is 9.04. The van der Waals surface area contributed by atoms with E-state index in [2.05, 4.69) is 10.3 Å². The number of hydrogen-bond donors (Lipinski definition) is 1. The van der Waals surface area contributed by atoms with E-state index in [1.54, 1.807) is 12.1 Å². The Balaban J connectivity index is 1.30. The average Bonchev–Trinajstić information content (AvgIpc) is 3.29. The van der Waals surface area contributed by atoms with Gasteiger partial charge in [0.2, 0.25) is 12.7 Å². The predicted molar refractivity (Wildman–Crippen MR) is 113 cm³/mol. The van der Waals surface area contributed by atoms with Gasteiger partial charge >= 0.3 is 0 Å². The van der Waals surface area contributed by atoms with Crippen LogP contribution in [0.4, 0.5) is 9.52 Å². The molecule has 8 heteroatoms. The first kappa shape index (κ1) is 19.7. The lowest BCUT2D eigenvalue weighted by atomic mass is 10.1. The quantitative estimate of drug-likeness (QED) is 0.584. The first-order chi connectivity index (χ1) is 14.1. The number of benzene rings is 2. The summed E-state index contributed by atoms with van der Waals surface area (Å²) in [5.41, 5.74) is 3.00. The Hall–Kier alpha value is -2.58. The van der Waals surface area contributed by atoms with Gasteiger partial charge in [0.05, 0.1) is 11.4 Å². The van der Waals surface area contributed by atoms with Gasteiger partial charge in [0.15, 0.2) is 16.6 Å². The number of rotatable bonds is 7. The molecule has 0 fully saturated rings. The predicted octanol–water partition coefficient (Wildman–Crippen LogP) is 4.78. The maximum Gasteiger partial charge on any atom is 0.236 e. The van der Waals surface area contributed by atoms with Crippen molar-refractivity contribution in [1.82, 2.24) is 4.98 Å². The highest BCUT2D eigenvalue weighted by molar-refractivity contribution is 7.99. The summed E-state index contributed by atoms with van der Waals surface area (Å²) in [6.07, 6.45) is 0.718. The average molecular weight is 431 g/mol. The van der Waals surface area contributed by atoms with Crippen molar-refractivity contribution in [3.05, 3.63) is 70.0 Å². The number of nitrogens with zero attached hydrogens (tertiary/aromatic N) is 1. The number of anilines is 1. The molecule has 1 aliphatic rings. The third kappa shape index (κ3) is 5.07. The second kappa shape index (κ2) is 8.84. The van der Waals surface area contributed by atoms with Crippen molar-refractivity contribution in [2.75, 3.05) is 17.9 Å². The molecule has 150 valence electrons. The van der Waals surface area contributed by atoms with Gasteiger partial charge in [-0.2, -0.15) is 0 Å². The van der Waals surface area contributed by atoms with Crippen molar-refractivity contribution >= 4 is 34.1 Å². The van der Waals surface area contributed by atoms with Gasteiger partial charge in [0, 0.05) is 17.1 Å². The molecule has 0 bridgehead atoms. The van der Waals surface area contributed by atoms with Crippen LogP contribution in [-0.2, 0) is 17.0 Å². The van der Waals surface area contributed by atoms with Crippen molar-refractivity contribution < 1.29 is 18.7 Å². The molecule has 0 saturated carbocycles. The second-order valence-electron chi connectivity index (χ2n) is 6.56. The maximum atomic E-state index is 12.9. The highest BCUT2D eigenvalue weighted by atomic mass is 32.2. The van der Waals surface area contributed by atoms with Gasteiger partial charge in [-0.25, -0.2) is 9.37 Å². The molecule has 1 aliphatic heterocycles. The summed E-state index contributed by atoms with van der Waals surface area (Å²) in [7, 11) is 0. The lowest BCUT2D eigenvalue weighted by Gasteiger charge is -2.03. The molecule has 0 unspecified atom stereocenters. The highest BCUT2D eigenvalue weighted by Gasteiger charge is 2.15. The number of ether oxygens (including phenoxy) is 2. The van der Waals surface area contributed by atoms with Gasteiger partial charge in [0.25, 0.3) is 0 Å². The normalized spacial score (nSPS) is 12.2. The third-order valence-corrected chi connectivity index (χ3v) is 6.43. The summed E-state index contributed by atoms with van der Waals surface area (Å²) >= 11 is 2.96. The van der Waals surface area contributed by atoms with Crippen molar-refractivity contribution in [2.45, 2.75) is 19.1 Å². The summed E-state index contributed by atoms with van der Waals surface area (Å²) in [5.74, 6) is 2.14. The molecular formula is C21H19FN2O3S2. The van der Waals surface area contributed by atoms with Gasteiger partial charge in [-0.05, 0) is 42.3 Å². The molecule has 0 radical (unpaired) electrons. The van der Waals surface area contributed by atoms with Crippen molar-refractivity contribution in [3.63, 3.8) is 0 Å². The standard InChI is InChI=1S/C21H19FN2O3S2/c1-13-19(9-15-4-7-17-18(8-15)27-12-26-17)29-21(23-13)24-20(25)11-28-10-14-2-5-16(22)6-3-14/h2-8H,9-12H2,1H3,(H,23,24,25). The Morgan fingerprint density at radius 2 is 1.93 bits per heavy atom. The number of hydrogen-bond acceptors (Lipinski definition) is 6. The monoisotopic (exact) mass is 430 g/mol. The minimum Gasteiger partial charge on any atom is -0.454 e. The van der Waals surface area contributed by atoms with Crippen LogP contribution in [0.5, 0.6) is 11.5 Å². The van der Waals surface area contributed by atoms with Crippen LogP contribution < -0.4 is 14.8 Å². The van der Waals surface area contributed by atoms with E-state index in [0.717, 1.165) is 39.6 Å². The van der Waals surface area contributed by atoms with E-state index >= 15 is 0 Å². The third-order valence-electron chi connectivity index (χ3n) is 4.36. The molecule has 3 aromatic rings. The fourth-order valence-electron chi connectivity index (χ4n) is 2.88. The van der Waals surface area contributed by atoms with Crippen LogP contribution in [0.25, 0.3) is 0 Å². The van der Waals surface area contributed by atoms with Crippen molar-refractivity contribution in [3.8, 4) is 11.5 Å². The van der Waals surface area contributed by atoms with E-state index < -0.39 is 0 Å². The minimum absolute atomic E-state index is 0.0968. The van der Waals surface area contributed by atoms with Crippen LogP contribution in [-0.4, -0.2) is 23.4 Å². The SMILES string of the molecule is Cc1nc(NC(=O)CSCc2ccc(F)cc2)sc1Cc1ccc2c(c1)OCO2. The smallest absolute Gasteiger partial charge is 0.236 e. The number of carbonyl (C=O) groups excluding carboxylic acids is 1. The topological polar surface area (TPSA) is 60.5 Å². The van der Waals surface area contributed by atoms with Gasteiger partial charge < -0.3 is 14.8 Å². The van der Waals surface area contributed by atoms with Crippen LogP contribution >= 0.6 is 23.1 Å². The number of halogens is 1. The Bertz CT molecular complexity index is 1020. The molecule has 5 nitrogen and oxygen atoms in total. The van der Waals surface area contributed by atoms with Gasteiger partial charge in [-0.3, -0.25) is 4.79 Å². The molecule has 0 atom stereocenters. The molecule has 0 saturated heterocycles. The minimum atomic E-state index is -0.257. The fraction of sp³-hybridized carbons (Fsp3) is 0.238. The number of nitrogens with one attached hydrogen (secondary N) is 1. The van der Waals surface area contributed by atoms with E-state index in [1.807, 2.05) is 25.1 Å². The van der Waals surface area contributed by atoms with E-state index in [1.165, 1.54) is 35.2 Å². The van der Waals surface area contributed by atoms with Crippen LogP contribution in [0.1, 0.15) is 21.7 Å². The molecule has 1 aromatic heterocycles. The number of fused-ring (bicyclic) bond motifs is 1. The second-order valence-corrected chi connectivity index (χ2v) is 8.63. The van der Waals surface area contributed by atoms with Crippen LogP contribution in [0.2, 0.25) is 0 Å². The number of thiazole rings is 1. The van der Waals surface area contributed by atoms with Crippen molar-refractivity contribution in [1.29, 1.82) is 0 Å². The highest BCUT2D eigenvalue weighted by Crippen LogP contribution is 2.34. The van der Waals surface area contributed by atoms with E-state index in [-0.39, 0.29) is 18.5 Å². The van der Waals surface area contributed by atoms with Crippen LogP contribution in [0.3, 0.4) is 0 Å². The van der Waals surface area contributed by atoms with Crippen LogP contribution in [0, 0.1) is 12.7 Å². The molecule has 4 rings (SSSR count). The Morgan fingerprint density at radius 1 is 1.17 bits per heavy atom. The van der Waals surface area contributed by atoms with E-state index in [0.29, 0.717) is 16.6 Å². The first-order valence-corrected chi connectivity index (χ1v) is 11.0. The van der Waals surface area contributed by atoms with E-state index in [4.69, 9.17) is 9.47 Å². The lowest BCUT2D eigenvalue weighted by molar-refractivity contribution is -0.113. The molecular weight excluding hydrogens is 411 g/mol. The number of thioether (sulfide) groups is 1. The zero-order chi connectivity index (χ0) is 20.2. The molecule has 1 amide bonds. The number of aromatic nitrogens is 1. The fourth-order valence-corrected chi connectivity index (χ4v) is 4.68. The maximum absolute atomic E-state index is 12.9. The zero-order valence-corrected chi connectivity index (χ0v) is 17.4. The summed E-state index contributed by atoms with van der Waals surface area (Å²) in [4.78, 5) is 17.8. The lowest BCUT2D eigenvalue weighted by Crippen LogP contribution is -2.13. The molecule has 29 heavy (non-hydrogen) atoms. The Morgan fingerprint density at radius 3 is 2.76 bits per heavy atom. The van der Waals surface area contributed by atoms with Gasteiger partial charge in [-0.15, -0.1) is 23.1 Å². The molecule has 2 aromatic carbocycles. The zero-order valence-electron chi connectivity index (χ0n) is 15.7. The summed E-state index contributed by atoms with van der Waals surface area (Å²) in [5, 5.41) is 3.47. The Kier molecular flexibility index (Phi) is 6.01. The van der Waals surface area contributed by atoms with Crippen LogP contribution in [0.15, 0.2) is 42.5 Å². The largest absolute Gasteiger partial charge is 0.454 e. The van der Waals surface area contributed by atoms with Gasteiger partial charge in [0.1, 0.15) is 5.82 Å². The number of carbonyl (C=O) groups is 1. The Labute approximate surface area is 176 Å². The summed E-state index contributed by atoms with van der Waals surface area (Å²) < 4.78 is 23.7. The number of amides is 1.